The molecule has 2 aliphatic heterocycles. The van der Waals surface area contributed by atoms with Gasteiger partial charge in [-0.1, -0.05) is 0 Å². The maximum Gasteiger partial charge on any atom is 0.337 e. The van der Waals surface area contributed by atoms with Gasteiger partial charge in [-0.05, 0) is 0 Å². The van der Waals surface area contributed by atoms with E-state index in [4.69, 9.17) is 14.6 Å². The van der Waals surface area contributed by atoms with E-state index in [1.165, 1.54) is 7.11 Å². The SMILES string of the molecule is COC(=O)[C@@H]1O[C@H]2O[C@@H]1CN[C@@H]2CO. The van der Waals surface area contributed by atoms with Crippen LogP contribution < -0.4 is 5.32 Å². The molecule has 2 heterocycles. The third-order valence-electron chi connectivity index (χ3n) is 2.47. The van der Waals surface area contributed by atoms with Crippen LogP contribution in [-0.4, -0.2) is 55.9 Å². The molecule has 0 amide bonds. The maximum absolute atomic E-state index is 11.2. The number of methoxy groups -OCH3 is 1. The van der Waals surface area contributed by atoms with Crippen LogP contribution in [0, 0.1) is 0 Å². The number of rotatable bonds is 2. The molecule has 0 aliphatic carbocycles. The standard InChI is InChI=1S/C8H13NO5/c1-12-7(11)6-5-2-9-4(3-10)8(13-5)14-6/h4-6,8-10H,2-3H2,1H3/t4-,5-,6-,8-/m1/s1. The Morgan fingerprint density at radius 1 is 1.64 bits per heavy atom. The predicted octanol–water partition coefficient (Wildman–Crippen LogP) is -1.77. The van der Waals surface area contributed by atoms with Gasteiger partial charge in [0.2, 0.25) is 0 Å². The van der Waals surface area contributed by atoms with Crippen molar-refractivity contribution < 1.29 is 24.1 Å². The molecule has 6 heteroatoms. The molecule has 0 aromatic heterocycles. The van der Waals surface area contributed by atoms with Crippen LogP contribution in [-0.2, 0) is 19.0 Å². The molecular formula is C8H13NO5. The number of nitrogens with one attached hydrogen (secondary N) is 1. The molecule has 4 atom stereocenters. The summed E-state index contributed by atoms with van der Waals surface area (Å²) in [5, 5.41) is 12.0. The summed E-state index contributed by atoms with van der Waals surface area (Å²) in [6.45, 7) is 0.409. The van der Waals surface area contributed by atoms with Gasteiger partial charge < -0.3 is 24.6 Å². The first kappa shape index (κ1) is 9.85. The zero-order valence-corrected chi connectivity index (χ0v) is 7.80. The zero-order valence-electron chi connectivity index (χ0n) is 7.80. The molecule has 0 radical (unpaired) electrons. The van der Waals surface area contributed by atoms with E-state index < -0.39 is 18.4 Å². The quantitative estimate of drug-likeness (QED) is 0.517. The molecule has 2 N–H and O–H groups in total. The van der Waals surface area contributed by atoms with Crippen LogP contribution in [0.1, 0.15) is 0 Å². The topological polar surface area (TPSA) is 77.0 Å². The average molecular weight is 203 g/mol. The van der Waals surface area contributed by atoms with Crippen LogP contribution >= 0.6 is 0 Å². The Kier molecular flexibility index (Phi) is 2.69. The monoisotopic (exact) mass is 203 g/mol. The summed E-state index contributed by atoms with van der Waals surface area (Å²) in [4.78, 5) is 11.2. The Bertz CT molecular complexity index is 234. The fraction of sp³-hybridized carbons (Fsp3) is 0.875. The summed E-state index contributed by atoms with van der Waals surface area (Å²) in [6, 6.07) is -0.263. The maximum atomic E-state index is 11.2. The Balaban J connectivity index is 2.03. The molecule has 14 heavy (non-hydrogen) atoms. The van der Waals surface area contributed by atoms with E-state index in [0.717, 1.165) is 0 Å². The molecule has 80 valence electrons. The van der Waals surface area contributed by atoms with Gasteiger partial charge in [0.15, 0.2) is 12.4 Å². The minimum absolute atomic E-state index is 0.0781. The second-order valence-electron chi connectivity index (χ2n) is 3.32. The van der Waals surface area contributed by atoms with E-state index >= 15 is 0 Å². The third kappa shape index (κ3) is 1.50. The number of fused-ring (bicyclic) bond motifs is 2. The van der Waals surface area contributed by atoms with Crippen LogP contribution in [0.3, 0.4) is 0 Å². The lowest BCUT2D eigenvalue weighted by Gasteiger charge is -2.26. The Morgan fingerprint density at radius 2 is 2.43 bits per heavy atom. The van der Waals surface area contributed by atoms with E-state index in [2.05, 4.69) is 10.1 Å². The van der Waals surface area contributed by atoms with Crippen molar-refractivity contribution in [2.45, 2.75) is 24.5 Å². The van der Waals surface area contributed by atoms with Crippen molar-refractivity contribution in [3.8, 4) is 0 Å². The van der Waals surface area contributed by atoms with Crippen LogP contribution in [0.2, 0.25) is 0 Å². The third-order valence-corrected chi connectivity index (χ3v) is 2.47. The molecule has 6 nitrogen and oxygen atoms in total. The van der Waals surface area contributed by atoms with Gasteiger partial charge >= 0.3 is 5.97 Å². The second-order valence-corrected chi connectivity index (χ2v) is 3.32. The number of ether oxygens (including phenoxy) is 3. The summed E-state index contributed by atoms with van der Waals surface area (Å²) in [6.07, 6.45) is -1.54. The summed E-state index contributed by atoms with van der Waals surface area (Å²) in [7, 11) is 1.31. The lowest BCUT2D eigenvalue weighted by atomic mass is 10.2. The fourth-order valence-corrected chi connectivity index (χ4v) is 1.69. The number of hydrogen-bond donors (Lipinski definition) is 2. The van der Waals surface area contributed by atoms with Crippen molar-refractivity contribution in [1.82, 2.24) is 5.32 Å². The minimum Gasteiger partial charge on any atom is -0.467 e. The average Bonchev–Trinajstić information content (AvgIpc) is 2.56. The molecule has 2 fully saturated rings. The largest absolute Gasteiger partial charge is 0.467 e. The van der Waals surface area contributed by atoms with Gasteiger partial charge in [-0.3, -0.25) is 0 Å². The van der Waals surface area contributed by atoms with Gasteiger partial charge in [-0.15, -0.1) is 0 Å². The summed E-state index contributed by atoms with van der Waals surface area (Å²) in [5.74, 6) is -0.433. The lowest BCUT2D eigenvalue weighted by molar-refractivity contribution is -0.155. The van der Waals surface area contributed by atoms with Crippen LogP contribution in [0.5, 0.6) is 0 Å². The van der Waals surface area contributed by atoms with E-state index in [9.17, 15) is 4.79 Å². The van der Waals surface area contributed by atoms with Gasteiger partial charge in [0.05, 0.1) is 19.8 Å². The van der Waals surface area contributed by atoms with Gasteiger partial charge in [0, 0.05) is 6.54 Å². The number of carbonyl (C=O) groups excluding carboxylic acids is 1. The molecule has 0 aromatic rings. The van der Waals surface area contributed by atoms with Crippen LogP contribution in [0.15, 0.2) is 0 Å². The highest BCUT2D eigenvalue weighted by Crippen LogP contribution is 2.25. The summed E-state index contributed by atoms with van der Waals surface area (Å²) in [5.41, 5.74) is 0. The molecule has 0 spiro atoms. The molecule has 2 saturated heterocycles. The molecule has 0 saturated carbocycles. The number of carbonyl (C=O) groups is 1. The smallest absolute Gasteiger partial charge is 0.337 e. The van der Waals surface area contributed by atoms with Crippen molar-refractivity contribution in [3.63, 3.8) is 0 Å². The van der Waals surface area contributed by atoms with Gasteiger partial charge in [-0.25, -0.2) is 4.79 Å². The molecule has 0 aromatic carbocycles. The lowest BCUT2D eigenvalue weighted by Crippen LogP contribution is -2.50. The Labute approximate surface area is 81.1 Å². The first-order valence-electron chi connectivity index (χ1n) is 4.49. The van der Waals surface area contributed by atoms with E-state index in [1.807, 2.05) is 0 Å². The van der Waals surface area contributed by atoms with Crippen molar-refractivity contribution in [3.05, 3.63) is 0 Å². The summed E-state index contributed by atoms with van der Waals surface area (Å²) >= 11 is 0. The molecular weight excluding hydrogens is 190 g/mol. The number of morpholine rings is 1. The summed E-state index contributed by atoms with van der Waals surface area (Å²) < 4.78 is 15.3. The van der Waals surface area contributed by atoms with Crippen LogP contribution in [0.25, 0.3) is 0 Å². The van der Waals surface area contributed by atoms with Gasteiger partial charge in [0.25, 0.3) is 0 Å². The van der Waals surface area contributed by atoms with Gasteiger partial charge in [-0.2, -0.15) is 0 Å². The number of aliphatic hydroxyl groups excluding tert-OH is 1. The molecule has 2 aliphatic rings. The van der Waals surface area contributed by atoms with Crippen molar-refractivity contribution >= 4 is 5.97 Å². The molecule has 2 bridgehead atoms. The zero-order chi connectivity index (χ0) is 10.1. The first-order valence-corrected chi connectivity index (χ1v) is 4.49. The number of hydrogen-bond acceptors (Lipinski definition) is 6. The van der Waals surface area contributed by atoms with Crippen molar-refractivity contribution in [2.24, 2.45) is 0 Å². The van der Waals surface area contributed by atoms with Crippen molar-refractivity contribution in [1.29, 1.82) is 0 Å². The second kappa shape index (κ2) is 3.82. The highest BCUT2D eigenvalue weighted by Gasteiger charge is 2.47. The van der Waals surface area contributed by atoms with E-state index in [0.29, 0.717) is 6.54 Å². The minimum atomic E-state index is -0.672. The Morgan fingerprint density at radius 3 is 3.07 bits per heavy atom. The highest BCUT2D eigenvalue weighted by atomic mass is 16.7. The number of esters is 1. The number of aliphatic hydroxyl groups is 1. The first-order chi connectivity index (χ1) is 6.76. The Hall–Kier alpha value is -0.690. The normalized spacial score (nSPS) is 41.0. The molecule has 0 unspecified atom stereocenters. The highest BCUT2D eigenvalue weighted by molar-refractivity contribution is 5.75. The van der Waals surface area contributed by atoms with Crippen LogP contribution in [0.4, 0.5) is 0 Å². The van der Waals surface area contributed by atoms with Gasteiger partial charge in [0.1, 0.15) is 6.10 Å². The fourth-order valence-electron chi connectivity index (χ4n) is 1.69. The van der Waals surface area contributed by atoms with E-state index in [-0.39, 0.29) is 18.8 Å². The van der Waals surface area contributed by atoms with E-state index in [1.54, 1.807) is 0 Å². The van der Waals surface area contributed by atoms with Crippen molar-refractivity contribution in [2.75, 3.05) is 20.3 Å². The predicted molar refractivity (Wildman–Crippen MR) is 44.4 cm³/mol. The molecule has 2 rings (SSSR count).